The molecule has 180 valence electrons. The quantitative estimate of drug-likeness (QED) is 0.203. The summed E-state index contributed by atoms with van der Waals surface area (Å²) < 4.78 is 0.318. The number of phenolic OH excluding ortho intramolecular Hbond substituents is 1. The number of phenols is 1. The van der Waals surface area contributed by atoms with Gasteiger partial charge in [-0.05, 0) is 52.2 Å². The van der Waals surface area contributed by atoms with Crippen LogP contribution in [-0.2, 0) is 6.42 Å². The van der Waals surface area contributed by atoms with Crippen LogP contribution < -0.4 is 10.6 Å². The maximum Gasteiger partial charge on any atom is 0.270 e. The molecule has 0 fully saturated rings. The van der Waals surface area contributed by atoms with Gasteiger partial charge in [0.2, 0.25) is 0 Å². The van der Waals surface area contributed by atoms with Gasteiger partial charge >= 0.3 is 0 Å². The second kappa shape index (κ2) is 10.0. The molecule has 0 unspecified atom stereocenters. The predicted octanol–water partition coefficient (Wildman–Crippen LogP) is 4.65. The number of carbonyl (C=O) groups is 2. The van der Waals surface area contributed by atoms with Crippen molar-refractivity contribution in [2.24, 2.45) is 0 Å². The molecule has 5 N–H and O–H groups in total. The fourth-order valence-corrected chi connectivity index (χ4v) is 4.19. The summed E-state index contributed by atoms with van der Waals surface area (Å²) in [7, 11) is 0. The van der Waals surface area contributed by atoms with E-state index in [0.29, 0.717) is 17.4 Å². The lowest BCUT2D eigenvalue weighted by Gasteiger charge is -2.06. The Bertz CT molecular complexity index is 1520. The number of carbonyl (C=O) groups excluding carboxylic acids is 2. The van der Waals surface area contributed by atoms with E-state index in [1.165, 1.54) is 12.1 Å². The van der Waals surface area contributed by atoms with Crippen LogP contribution in [0.3, 0.4) is 0 Å². The lowest BCUT2D eigenvalue weighted by molar-refractivity contribution is 0.0947. The molecule has 0 spiro atoms. The lowest BCUT2D eigenvalue weighted by Crippen LogP contribution is -2.26. The molecule has 2 amide bonds. The number of nitrogens with one attached hydrogen (secondary N) is 4. The van der Waals surface area contributed by atoms with Crippen molar-refractivity contribution in [1.29, 1.82) is 0 Å². The number of benzene rings is 3. The van der Waals surface area contributed by atoms with Crippen molar-refractivity contribution >= 4 is 44.6 Å². The fourth-order valence-electron chi connectivity index (χ4n) is 3.73. The van der Waals surface area contributed by atoms with Gasteiger partial charge in [-0.2, -0.15) is 5.10 Å². The Hall–Kier alpha value is -4.44. The summed E-state index contributed by atoms with van der Waals surface area (Å²) in [5.74, 6) is -0.0972. The first-order valence-corrected chi connectivity index (χ1v) is 11.9. The van der Waals surface area contributed by atoms with Crippen molar-refractivity contribution in [1.82, 2.24) is 25.5 Å². The first kappa shape index (κ1) is 23.3. The highest BCUT2D eigenvalue weighted by atomic mass is 79.9. The molecule has 10 heteroatoms. The minimum absolute atomic E-state index is 0.102. The zero-order valence-corrected chi connectivity index (χ0v) is 20.5. The van der Waals surface area contributed by atoms with E-state index in [1.807, 2.05) is 48.5 Å². The van der Waals surface area contributed by atoms with E-state index in [1.54, 1.807) is 12.1 Å². The molecule has 2 heterocycles. The monoisotopic (exact) mass is 544 g/mol. The normalized spacial score (nSPS) is 10.9. The van der Waals surface area contributed by atoms with E-state index >= 15 is 0 Å². The van der Waals surface area contributed by atoms with Gasteiger partial charge in [0.25, 0.3) is 11.8 Å². The van der Waals surface area contributed by atoms with Crippen molar-refractivity contribution in [3.05, 3.63) is 94.1 Å². The van der Waals surface area contributed by atoms with Gasteiger partial charge in [0.15, 0.2) is 5.82 Å². The molecule has 5 aromatic rings. The molecule has 0 aliphatic rings. The van der Waals surface area contributed by atoms with E-state index < -0.39 is 5.91 Å². The minimum Gasteiger partial charge on any atom is -0.507 e. The van der Waals surface area contributed by atoms with E-state index in [0.717, 1.165) is 28.0 Å². The smallest absolute Gasteiger partial charge is 0.270 e. The number of imidazole rings is 1. The number of rotatable bonds is 7. The van der Waals surface area contributed by atoms with Gasteiger partial charge in [-0.15, -0.1) is 0 Å². The summed E-state index contributed by atoms with van der Waals surface area (Å²) in [4.78, 5) is 33.0. The number of halogens is 1. The topological polar surface area (TPSA) is 136 Å². The maximum atomic E-state index is 12.6. The number of hydrogen-bond donors (Lipinski definition) is 5. The van der Waals surface area contributed by atoms with Crippen LogP contribution >= 0.6 is 15.9 Å². The molecule has 0 bridgehead atoms. The molecular weight excluding hydrogens is 524 g/mol. The molecule has 0 aliphatic heterocycles. The summed E-state index contributed by atoms with van der Waals surface area (Å²) >= 11 is 3.31. The molecule has 36 heavy (non-hydrogen) atoms. The van der Waals surface area contributed by atoms with Crippen LogP contribution in [0.4, 0.5) is 5.82 Å². The van der Waals surface area contributed by atoms with Gasteiger partial charge < -0.3 is 20.7 Å². The Balaban J connectivity index is 1.17. The summed E-state index contributed by atoms with van der Waals surface area (Å²) in [5, 5.41) is 21.9. The summed E-state index contributed by atoms with van der Waals surface area (Å²) in [5.41, 5.74) is 4.25. The third kappa shape index (κ3) is 4.84. The van der Waals surface area contributed by atoms with Gasteiger partial charge in [-0.3, -0.25) is 14.7 Å². The molecule has 3 aromatic carbocycles. The van der Waals surface area contributed by atoms with Crippen LogP contribution in [0.25, 0.3) is 22.4 Å². The van der Waals surface area contributed by atoms with Crippen LogP contribution in [0.1, 0.15) is 26.4 Å². The number of hydrogen-bond acceptors (Lipinski definition) is 5. The van der Waals surface area contributed by atoms with Gasteiger partial charge in [0.05, 0.1) is 21.1 Å². The van der Waals surface area contributed by atoms with Gasteiger partial charge in [0.1, 0.15) is 17.3 Å². The number of aromatic nitrogens is 4. The highest BCUT2D eigenvalue weighted by molar-refractivity contribution is 9.10. The molecular formula is C26H21BrN6O3. The zero-order chi connectivity index (χ0) is 25.1. The molecule has 5 rings (SSSR count). The molecule has 0 atom stereocenters. The van der Waals surface area contributed by atoms with Gasteiger partial charge in [0, 0.05) is 12.1 Å². The Labute approximate surface area is 214 Å². The van der Waals surface area contributed by atoms with E-state index in [4.69, 9.17) is 0 Å². The Morgan fingerprint density at radius 1 is 0.944 bits per heavy atom. The van der Waals surface area contributed by atoms with Crippen LogP contribution in [0.15, 0.2) is 77.3 Å². The Kier molecular flexibility index (Phi) is 6.50. The largest absolute Gasteiger partial charge is 0.507 e. The number of amides is 2. The van der Waals surface area contributed by atoms with Crippen molar-refractivity contribution in [3.8, 4) is 17.1 Å². The summed E-state index contributed by atoms with van der Waals surface area (Å²) in [6.45, 7) is 0.411. The average molecular weight is 545 g/mol. The average Bonchev–Trinajstić information content (AvgIpc) is 3.48. The zero-order valence-electron chi connectivity index (χ0n) is 18.9. The van der Waals surface area contributed by atoms with Crippen molar-refractivity contribution < 1.29 is 14.7 Å². The molecule has 0 saturated heterocycles. The summed E-state index contributed by atoms with van der Waals surface area (Å²) in [6.07, 6.45) is 0.634. The number of aromatic hydroxyl groups is 1. The highest BCUT2D eigenvalue weighted by Crippen LogP contribution is 2.26. The molecule has 0 radical (unpaired) electrons. The predicted molar refractivity (Wildman–Crippen MR) is 140 cm³/mol. The van der Waals surface area contributed by atoms with Crippen LogP contribution in [0.2, 0.25) is 0 Å². The molecule has 2 aromatic heterocycles. The number of para-hydroxylation sites is 3. The Morgan fingerprint density at radius 3 is 2.47 bits per heavy atom. The molecule has 0 aliphatic carbocycles. The van der Waals surface area contributed by atoms with E-state index in [9.17, 15) is 14.7 Å². The van der Waals surface area contributed by atoms with Crippen LogP contribution in [-0.4, -0.2) is 43.6 Å². The molecule has 0 saturated carbocycles. The van der Waals surface area contributed by atoms with E-state index in [2.05, 4.69) is 46.7 Å². The molecule has 9 nitrogen and oxygen atoms in total. The first-order chi connectivity index (χ1) is 17.5. The lowest BCUT2D eigenvalue weighted by atomic mass is 10.1. The number of nitrogens with zero attached hydrogens (tertiary/aromatic N) is 2. The standard InChI is InChI=1S/C26H21BrN6O3/c27-21-22(32-33-24(21)31-25(35)17-5-1-4-8-20(17)34)26(36)28-14-13-15-9-11-16(12-10-15)23-29-18-6-2-3-7-19(18)30-23/h1-12,34H,13-14H2,(H,28,36)(H,29,30)(H2,31,32,33,35). The number of anilines is 1. The highest BCUT2D eigenvalue weighted by Gasteiger charge is 2.20. The Morgan fingerprint density at radius 2 is 1.69 bits per heavy atom. The number of aromatic amines is 2. The number of fused-ring (bicyclic) bond motifs is 1. The minimum atomic E-state index is -0.543. The second-order valence-corrected chi connectivity index (χ2v) is 8.83. The number of H-pyrrole nitrogens is 2. The van der Waals surface area contributed by atoms with Gasteiger partial charge in [-0.25, -0.2) is 4.98 Å². The van der Waals surface area contributed by atoms with Crippen LogP contribution in [0.5, 0.6) is 5.75 Å². The third-order valence-corrected chi connectivity index (χ3v) is 6.40. The SMILES string of the molecule is O=C(Nc1n[nH]c(C(=O)NCCc2ccc(-c3nc4ccccc4[nH]3)cc2)c1Br)c1ccccc1O. The van der Waals surface area contributed by atoms with Crippen LogP contribution in [0, 0.1) is 0 Å². The van der Waals surface area contributed by atoms with Crippen molar-refractivity contribution in [2.45, 2.75) is 6.42 Å². The maximum absolute atomic E-state index is 12.6. The van der Waals surface area contributed by atoms with Crippen molar-refractivity contribution in [2.75, 3.05) is 11.9 Å². The van der Waals surface area contributed by atoms with E-state index in [-0.39, 0.29) is 28.7 Å². The fraction of sp³-hybridized carbons (Fsp3) is 0.0769. The van der Waals surface area contributed by atoms with Crippen molar-refractivity contribution in [3.63, 3.8) is 0 Å². The third-order valence-electron chi connectivity index (χ3n) is 5.63. The first-order valence-electron chi connectivity index (χ1n) is 11.1. The second-order valence-electron chi connectivity index (χ2n) is 8.04. The van der Waals surface area contributed by atoms with Gasteiger partial charge in [-0.1, -0.05) is 48.5 Å². The summed E-state index contributed by atoms with van der Waals surface area (Å²) in [6, 6.07) is 22.1.